The number of pyridine rings is 1. The van der Waals surface area contributed by atoms with E-state index in [1.807, 2.05) is 6.20 Å². The minimum absolute atomic E-state index is 1.02. The highest BCUT2D eigenvalue weighted by Crippen LogP contribution is 2.26. The van der Waals surface area contributed by atoms with E-state index in [9.17, 15) is 0 Å². The van der Waals surface area contributed by atoms with Gasteiger partial charge < -0.3 is 9.88 Å². The van der Waals surface area contributed by atoms with E-state index in [2.05, 4.69) is 59.3 Å². The number of H-pyrrole nitrogens is 1. The molecule has 0 bridgehead atoms. The van der Waals surface area contributed by atoms with Gasteiger partial charge in [0.15, 0.2) is 0 Å². The lowest BCUT2D eigenvalue weighted by Gasteiger charge is -2.08. The van der Waals surface area contributed by atoms with Gasteiger partial charge in [-0.1, -0.05) is 18.2 Å². The number of aromatic amines is 1. The normalized spacial score (nSPS) is 11.7. The lowest BCUT2D eigenvalue weighted by molar-refractivity contribution is 0.400. The number of aryl methyl sites for hydroxylation is 1. The molecule has 3 heteroatoms. The molecule has 0 saturated carbocycles. The summed E-state index contributed by atoms with van der Waals surface area (Å²) in [6.07, 6.45) is 4.07. The first-order chi connectivity index (χ1) is 9.25. The third-order valence-corrected chi connectivity index (χ3v) is 3.53. The molecule has 0 aliphatic rings. The van der Waals surface area contributed by atoms with Gasteiger partial charge in [0.25, 0.3) is 0 Å². The number of benzene rings is 1. The first kappa shape index (κ1) is 12.2. The number of aromatic nitrogens is 2. The molecule has 19 heavy (non-hydrogen) atoms. The van der Waals surface area contributed by atoms with Crippen LogP contribution >= 0.6 is 0 Å². The minimum atomic E-state index is 1.02. The Bertz CT molecular complexity index is 697. The van der Waals surface area contributed by atoms with Crippen LogP contribution in [-0.2, 0) is 6.42 Å². The Labute approximate surface area is 113 Å². The van der Waals surface area contributed by atoms with Gasteiger partial charge in [-0.25, -0.2) is 0 Å². The summed E-state index contributed by atoms with van der Waals surface area (Å²) in [4.78, 5) is 10.3. The van der Waals surface area contributed by atoms with Crippen LogP contribution in [-0.4, -0.2) is 35.5 Å². The van der Waals surface area contributed by atoms with Crippen LogP contribution in [0.3, 0.4) is 0 Å². The standard InChI is InChI=1S/C16H19N3/c1-19(2)11-5-8-15-16-13(9-10-17-15)12-6-3-4-7-14(12)18-16/h3-4,6-7,9-10,18H,5,8,11H2,1-2H3. The second-order valence-corrected chi connectivity index (χ2v) is 5.26. The second kappa shape index (κ2) is 5.02. The average molecular weight is 253 g/mol. The first-order valence-corrected chi connectivity index (χ1v) is 6.75. The van der Waals surface area contributed by atoms with Crippen LogP contribution < -0.4 is 0 Å². The molecule has 1 N–H and O–H groups in total. The molecule has 3 aromatic rings. The van der Waals surface area contributed by atoms with Crippen molar-refractivity contribution in [3.05, 3.63) is 42.2 Å². The van der Waals surface area contributed by atoms with Crippen molar-refractivity contribution in [2.75, 3.05) is 20.6 Å². The predicted octanol–water partition coefficient (Wildman–Crippen LogP) is 3.21. The van der Waals surface area contributed by atoms with Gasteiger partial charge in [0, 0.05) is 22.5 Å². The van der Waals surface area contributed by atoms with Gasteiger partial charge in [-0.15, -0.1) is 0 Å². The number of para-hydroxylation sites is 1. The van der Waals surface area contributed by atoms with Crippen molar-refractivity contribution in [2.24, 2.45) is 0 Å². The molecular formula is C16H19N3. The summed E-state index contributed by atoms with van der Waals surface area (Å²) in [6.45, 7) is 1.10. The third-order valence-electron chi connectivity index (χ3n) is 3.53. The number of hydrogen-bond acceptors (Lipinski definition) is 2. The molecule has 0 atom stereocenters. The molecule has 2 aromatic heterocycles. The lowest BCUT2D eigenvalue weighted by atomic mass is 10.1. The summed E-state index contributed by atoms with van der Waals surface area (Å²) in [5, 5.41) is 2.57. The van der Waals surface area contributed by atoms with Crippen molar-refractivity contribution >= 4 is 21.8 Å². The molecule has 0 spiro atoms. The Morgan fingerprint density at radius 2 is 1.95 bits per heavy atom. The highest BCUT2D eigenvalue weighted by atomic mass is 15.0. The van der Waals surface area contributed by atoms with Crippen LogP contribution in [0.15, 0.2) is 36.5 Å². The highest BCUT2D eigenvalue weighted by Gasteiger charge is 2.08. The fourth-order valence-electron chi connectivity index (χ4n) is 2.58. The van der Waals surface area contributed by atoms with E-state index in [1.165, 1.54) is 27.5 Å². The molecule has 0 amide bonds. The van der Waals surface area contributed by atoms with E-state index in [0.717, 1.165) is 19.4 Å². The maximum absolute atomic E-state index is 4.55. The van der Waals surface area contributed by atoms with E-state index in [4.69, 9.17) is 0 Å². The molecule has 98 valence electrons. The quantitative estimate of drug-likeness (QED) is 0.774. The maximum Gasteiger partial charge on any atom is 0.0684 e. The van der Waals surface area contributed by atoms with E-state index in [-0.39, 0.29) is 0 Å². The van der Waals surface area contributed by atoms with Gasteiger partial charge in [-0.3, -0.25) is 4.98 Å². The van der Waals surface area contributed by atoms with Gasteiger partial charge in [0.1, 0.15) is 0 Å². The summed E-state index contributed by atoms with van der Waals surface area (Å²) < 4.78 is 0. The fourth-order valence-corrected chi connectivity index (χ4v) is 2.58. The summed E-state index contributed by atoms with van der Waals surface area (Å²) in [6, 6.07) is 10.5. The average Bonchev–Trinajstić information content (AvgIpc) is 2.78. The number of fused-ring (bicyclic) bond motifs is 3. The molecule has 0 saturated heterocycles. The second-order valence-electron chi connectivity index (χ2n) is 5.26. The largest absolute Gasteiger partial charge is 0.353 e. The van der Waals surface area contributed by atoms with Gasteiger partial charge in [-0.05, 0) is 45.6 Å². The van der Waals surface area contributed by atoms with Crippen LogP contribution in [0.2, 0.25) is 0 Å². The van der Waals surface area contributed by atoms with E-state index < -0.39 is 0 Å². The SMILES string of the molecule is CN(C)CCCc1nccc2c1[nH]c1ccccc12. The Hall–Kier alpha value is -1.87. The molecule has 1 aromatic carbocycles. The van der Waals surface area contributed by atoms with E-state index in [1.54, 1.807) is 0 Å². The molecular weight excluding hydrogens is 234 g/mol. The van der Waals surface area contributed by atoms with Crippen molar-refractivity contribution in [3.8, 4) is 0 Å². The van der Waals surface area contributed by atoms with Crippen LogP contribution in [0.5, 0.6) is 0 Å². The molecule has 0 aliphatic heterocycles. The third kappa shape index (κ3) is 2.34. The zero-order valence-electron chi connectivity index (χ0n) is 11.5. The predicted molar refractivity (Wildman–Crippen MR) is 80.5 cm³/mol. The lowest BCUT2D eigenvalue weighted by Crippen LogP contribution is -2.13. The Balaban J connectivity index is 2.00. The van der Waals surface area contributed by atoms with E-state index >= 15 is 0 Å². The Morgan fingerprint density at radius 3 is 2.79 bits per heavy atom. The van der Waals surface area contributed by atoms with Crippen LogP contribution in [0.25, 0.3) is 21.8 Å². The first-order valence-electron chi connectivity index (χ1n) is 6.75. The van der Waals surface area contributed by atoms with Gasteiger partial charge in [-0.2, -0.15) is 0 Å². The van der Waals surface area contributed by atoms with Gasteiger partial charge in [0.2, 0.25) is 0 Å². The number of nitrogens with zero attached hydrogens (tertiary/aromatic N) is 2. The molecule has 0 radical (unpaired) electrons. The Morgan fingerprint density at radius 1 is 1.11 bits per heavy atom. The van der Waals surface area contributed by atoms with Gasteiger partial charge >= 0.3 is 0 Å². The summed E-state index contributed by atoms with van der Waals surface area (Å²) >= 11 is 0. The van der Waals surface area contributed by atoms with Crippen molar-refractivity contribution in [3.63, 3.8) is 0 Å². The van der Waals surface area contributed by atoms with Crippen molar-refractivity contribution < 1.29 is 0 Å². The van der Waals surface area contributed by atoms with Crippen LogP contribution in [0.4, 0.5) is 0 Å². The van der Waals surface area contributed by atoms with Crippen molar-refractivity contribution in [1.29, 1.82) is 0 Å². The smallest absolute Gasteiger partial charge is 0.0684 e. The molecule has 3 nitrogen and oxygen atoms in total. The monoisotopic (exact) mass is 253 g/mol. The summed E-state index contributed by atoms with van der Waals surface area (Å²) in [5.74, 6) is 0. The zero-order valence-corrected chi connectivity index (χ0v) is 11.5. The summed E-state index contributed by atoms with van der Waals surface area (Å²) in [7, 11) is 4.22. The van der Waals surface area contributed by atoms with Gasteiger partial charge in [0.05, 0.1) is 11.2 Å². The molecule has 3 rings (SSSR count). The highest BCUT2D eigenvalue weighted by molar-refractivity contribution is 6.07. The summed E-state index contributed by atoms with van der Waals surface area (Å²) in [5.41, 5.74) is 3.57. The molecule has 0 aliphatic carbocycles. The van der Waals surface area contributed by atoms with Crippen LogP contribution in [0, 0.1) is 0 Å². The fraction of sp³-hybridized carbons (Fsp3) is 0.312. The molecule has 0 fully saturated rings. The van der Waals surface area contributed by atoms with E-state index in [0.29, 0.717) is 0 Å². The maximum atomic E-state index is 4.55. The number of nitrogens with one attached hydrogen (secondary N) is 1. The number of hydrogen-bond donors (Lipinski definition) is 1. The van der Waals surface area contributed by atoms with Crippen molar-refractivity contribution in [1.82, 2.24) is 14.9 Å². The number of rotatable bonds is 4. The molecule has 0 unspecified atom stereocenters. The van der Waals surface area contributed by atoms with Crippen LogP contribution in [0.1, 0.15) is 12.1 Å². The Kier molecular flexibility index (Phi) is 3.22. The molecule has 2 heterocycles. The zero-order chi connectivity index (χ0) is 13.2. The topological polar surface area (TPSA) is 31.9 Å². The minimum Gasteiger partial charge on any atom is -0.353 e. The van der Waals surface area contributed by atoms with Crippen molar-refractivity contribution in [2.45, 2.75) is 12.8 Å².